The minimum Gasteiger partial charge on any atom is -0.481 e. The van der Waals surface area contributed by atoms with Crippen LogP contribution in [0.3, 0.4) is 0 Å². The van der Waals surface area contributed by atoms with E-state index in [4.69, 9.17) is 5.11 Å². The molecule has 0 spiro atoms. The van der Waals surface area contributed by atoms with E-state index in [1.807, 2.05) is 26.0 Å². The summed E-state index contributed by atoms with van der Waals surface area (Å²) < 4.78 is 0. The fourth-order valence-corrected chi connectivity index (χ4v) is 2.16. The van der Waals surface area contributed by atoms with E-state index in [0.29, 0.717) is 11.5 Å². The molecule has 4 nitrogen and oxygen atoms in total. The van der Waals surface area contributed by atoms with Crippen LogP contribution in [-0.4, -0.2) is 23.0 Å². The molecule has 1 aromatic rings. The number of carbonyl (C=O) groups excluding carboxylic acids is 1. The second kappa shape index (κ2) is 5.43. The standard InChI is InChI=1S/C15H19NO3/c1-9-3-4-12(7-10(9)2)15(19)16-13(8-14(17)18)11-5-6-11/h3-4,7,11,13H,5-6,8H2,1-2H3,(H,16,19)(H,17,18). The molecule has 0 saturated heterocycles. The Hall–Kier alpha value is -1.84. The van der Waals surface area contributed by atoms with Crippen LogP contribution in [-0.2, 0) is 4.79 Å². The average molecular weight is 261 g/mol. The van der Waals surface area contributed by atoms with Crippen molar-refractivity contribution in [3.8, 4) is 0 Å². The summed E-state index contributed by atoms with van der Waals surface area (Å²) in [6.07, 6.45) is 2.01. The Morgan fingerprint density at radius 1 is 1.32 bits per heavy atom. The van der Waals surface area contributed by atoms with Crippen LogP contribution in [0.2, 0.25) is 0 Å². The molecular weight excluding hydrogens is 242 g/mol. The fourth-order valence-electron chi connectivity index (χ4n) is 2.16. The van der Waals surface area contributed by atoms with Gasteiger partial charge in [-0.1, -0.05) is 6.07 Å². The molecule has 0 aromatic heterocycles. The van der Waals surface area contributed by atoms with Gasteiger partial charge in [0, 0.05) is 11.6 Å². The maximum absolute atomic E-state index is 12.1. The first-order valence-corrected chi connectivity index (χ1v) is 6.57. The largest absolute Gasteiger partial charge is 0.481 e. The summed E-state index contributed by atoms with van der Waals surface area (Å²) >= 11 is 0. The van der Waals surface area contributed by atoms with Crippen LogP contribution in [0.15, 0.2) is 18.2 Å². The number of carboxylic acids is 1. The summed E-state index contributed by atoms with van der Waals surface area (Å²) in [4.78, 5) is 22.9. The van der Waals surface area contributed by atoms with Gasteiger partial charge in [0.25, 0.3) is 5.91 Å². The van der Waals surface area contributed by atoms with Gasteiger partial charge in [-0.05, 0) is 55.9 Å². The second-order valence-electron chi connectivity index (χ2n) is 5.31. The van der Waals surface area contributed by atoms with Crippen molar-refractivity contribution in [2.75, 3.05) is 0 Å². The lowest BCUT2D eigenvalue weighted by molar-refractivity contribution is -0.137. The summed E-state index contributed by atoms with van der Waals surface area (Å²) in [5.41, 5.74) is 2.80. The summed E-state index contributed by atoms with van der Waals surface area (Å²) in [5, 5.41) is 11.7. The highest BCUT2D eigenvalue weighted by molar-refractivity contribution is 5.94. The van der Waals surface area contributed by atoms with E-state index in [2.05, 4.69) is 5.32 Å². The zero-order chi connectivity index (χ0) is 14.0. The third-order valence-electron chi connectivity index (χ3n) is 3.67. The molecule has 2 rings (SSSR count). The van der Waals surface area contributed by atoms with Crippen molar-refractivity contribution in [1.82, 2.24) is 5.32 Å². The van der Waals surface area contributed by atoms with Crippen molar-refractivity contribution in [3.05, 3.63) is 34.9 Å². The lowest BCUT2D eigenvalue weighted by Crippen LogP contribution is -2.38. The maximum atomic E-state index is 12.1. The van der Waals surface area contributed by atoms with Crippen LogP contribution in [0.1, 0.15) is 40.7 Å². The predicted octanol–water partition coefficient (Wildman–Crippen LogP) is 2.29. The number of nitrogens with one attached hydrogen (secondary N) is 1. The molecule has 1 aliphatic carbocycles. The number of aryl methyl sites for hydroxylation is 2. The Kier molecular flexibility index (Phi) is 3.88. The van der Waals surface area contributed by atoms with Gasteiger partial charge >= 0.3 is 5.97 Å². The van der Waals surface area contributed by atoms with Crippen molar-refractivity contribution < 1.29 is 14.7 Å². The molecule has 1 fully saturated rings. The number of rotatable bonds is 5. The van der Waals surface area contributed by atoms with E-state index in [1.165, 1.54) is 0 Å². The average Bonchev–Trinajstić information content (AvgIpc) is 3.15. The molecule has 0 radical (unpaired) electrons. The molecule has 0 aliphatic heterocycles. The van der Waals surface area contributed by atoms with Crippen molar-refractivity contribution in [2.24, 2.45) is 5.92 Å². The second-order valence-corrected chi connectivity index (χ2v) is 5.31. The number of hydrogen-bond donors (Lipinski definition) is 2. The van der Waals surface area contributed by atoms with Crippen LogP contribution in [0.5, 0.6) is 0 Å². The van der Waals surface area contributed by atoms with Crippen molar-refractivity contribution in [1.29, 1.82) is 0 Å². The number of benzene rings is 1. The smallest absolute Gasteiger partial charge is 0.305 e. The summed E-state index contributed by atoms with van der Waals surface area (Å²) in [6, 6.07) is 5.29. The molecular formula is C15H19NO3. The van der Waals surface area contributed by atoms with Gasteiger partial charge in [0.1, 0.15) is 0 Å². The Morgan fingerprint density at radius 3 is 2.53 bits per heavy atom. The Balaban J connectivity index is 2.05. The summed E-state index contributed by atoms with van der Waals surface area (Å²) in [6.45, 7) is 3.95. The number of amides is 1. The quantitative estimate of drug-likeness (QED) is 0.854. The Bertz CT molecular complexity index is 506. The third-order valence-corrected chi connectivity index (χ3v) is 3.67. The number of carboxylic acid groups (broad SMARTS) is 1. The highest BCUT2D eigenvalue weighted by atomic mass is 16.4. The number of carbonyl (C=O) groups is 2. The molecule has 0 bridgehead atoms. The molecule has 4 heteroatoms. The molecule has 0 heterocycles. The molecule has 1 aromatic carbocycles. The minimum atomic E-state index is -0.864. The number of hydrogen-bond acceptors (Lipinski definition) is 2. The molecule has 1 atom stereocenters. The van der Waals surface area contributed by atoms with Gasteiger partial charge in [-0.15, -0.1) is 0 Å². The lowest BCUT2D eigenvalue weighted by atomic mass is 10.0. The summed E-state index contributed by atoms with van der Waals surface area (Å²) in [7, 11) is 0. The van der Waals surface area contributed by atoms with Crippen molar-refractivity contribution in [2.45, 2.75) is 39.2 Å². The maximum Gasteiger partial charge on any atom is 0.305 e. The SMILES string of the molecule is Cc1ccc(C(=O)NC(CC(=O)O)C2CC2)cc1C. The highest BCUT2D eigenvalue weighted by Crippen LogP contribution is 2.34. The molecule has 1 saturated carbocycles. The van der Waals surface area contributed by atoms with E-state index in [0.717, 1.165) is 24.0 Å². The summed E-state index contributed by atoms with van der Waals surface area (Å²) in [5.74, 6) is -0.717. The van der Waals surface area contributed by atoms with Crippen LogP contribution in [0.4, 0.5) is 0 Å². The zero-order valence-electron chi connectivity index (χ0n) is 11.3. The highest BCUT2D eigenvalue weighted by Gasteiger charge is 2.33. The fraction of sp³-hybridized carbons (Fsp3) is 0.467. The van der Waals surface area contributed by atoms with Gasteiger partial charge in [-0.2, -0.15) is 0 Å². The van der Waals surface area contributed by atoms with E-state index < -0.39 is 5.97 Å². The van der Waals surface area contributed by atoms with Crippen LogP contribution >= 0.6 is 0 Å². The van der Waals surface area contributed by atoms with Crippen LogP contribution in [0, 0.1) is 19.8 Å². The van der Waals surface area contributed by atoms with E-state index in [9.17, 15) is 9.59 Å². The van der Waals surface area contributed by atoms with Gasteiger partial charge < -0.3 is 10.4 Å². The van der Waals surface area contributed by atoms with Crippen LogP contribution < -0.4 is 5.32 Å². The van der Waals surface area contributed by atoms with Gasteiger partial charge in [-0.3, -0.25) is 9.59 Å². The van der Waals surface area contributed by atoms with E-state index >= 15 is 0 Å². The minimum absolute atomic E-state index is 0.00124. The monoisotopic (exact) mass is 261 g/mol. The van der Waals surface area contributed by atoms with Crippen molar-refractivity contribution >= 4 is 11.9 Å². The number of aliphatic carboxylic acids is 1. The first-order valence-electron chi connectivity index (χ1n) is 6.57. The first-order chi connectivity index (χ1) is 8.97. The van der Waals surface area contributed by atoms with Gasteiger partial charge in [0.15, 0.2) is 0 Å². The molecule has 19 heavy (non-hydrogen) atoms. The normalized spacial score (nSPS) is 15.9. The molecule has 1 amide bonds. The van der Waals surface area contributed by atoms with E-state index in [1.54, 1.807) is 6.07 Å². The van der Waals surface area contributed by atoms with Crippen molar-refractivity contribution in [3.63, 3.8) is 0 Å². The van der Waals surface area contributed by atoms with E-state index in [-0.39, 0.29) is 18.4 Å². The molecule has 1 unspecified atom stereocenters. The van der Waals surface area contributed by atoms with Gasteiger partial charge in [0.2, 0.25) is 0 Å². The Morgan fingerprint density at radius 2 is 2.00 bits per heavy atom. The molecule has 102 valence electrons. The Labute approximate surface area is 112 Å². The topological polar surface area (TPSA) is 66.4 Å². The van der Waals surface area contributed by atoms with Gasteiger partial charge in [0.05, 0.1) is 6.42 Å². The molecule has 2 N–H and O–H groups in total. The zero-order valence-corrected chi connectivity index (χ0v) is 11.3. The predicted molar refractivity (Wildman–Crippen MR) is 72.1 cm³/mol. The third kappa shape index (κ3) is 3.56. The first kappa shape index (κ1) is 13.6. The van der Waals surface area contributed by atoms with Gasteiger partial charge in [-0.25, -0.2) is 0 Å². The van der Waals surface area contributed by atoms with Crippen LogP contribution in [0.25, 0.3) is 0 Å². The molecule has 1 aliphatic rings. The lowest BCUT2D eigenvalue weighted by Gasteiger charge is -2.16.